The van der Waals surface area contributed by atoms with Crippen molar-refractivity contribution < 1.29 is 9.53 Å². The second kappa shape index (κ2) is 7.67. The van der Waals surface area contributed by atoms with Gasteiger partial charge < -0.3 is 15.4 Å². The first-order valence-corrected chi connectivity index (χ1v) is 6.80. The summed E-state index contributed by atoms with van der Waals surface area (Å²) in [7, 11) is 0. The van der Waals surface area contributed by atoms with E-state index in [1.807, 2.05) is 4.90 Å². The lowest BCUT2D eigenvalue weighted by atomic mass is 9.90. The Morgan fingerprint density at radius 1 is 1.41 bits per heavy atom. The van der Waals surface area contributed by atoms with Crippen LogP contribution in [0.15, 0.2) is 0 Å². The van der Waals surface area contributed by atoms with Gasteiger partial charge in [-0.25, -0.2) is 0 Å². The summed E-state index contributed by atoms with van der Waals surface area (Å²) >= 11 is 0. The normalized spacial score (nSPS) is 25.0. The zero-order chi connectivity index (χ0) is 12.7. The van der Waals surface area contributed by atoms with Gasteiger partial charge in [-0.05, 0) is 18.8 Å². The third kappa shape index (κ3) is 4.64. The molecule has 1 amide bonds. The highest BCUT2D eigenvalue weighted by molar-refractivity contribution is 5.76. The van der Waals surface area contributed by atoms with Gasteiger partial charge in [-0.2, -0.15) is 0 Å². The van der Waals surface area contributed by atoms with E-state index in [9.17, 15) is 4.79 Å². The van der Waals surface area contributed by atoms with Crippen molar-refractivity contribution in [3.8, 4) is 0 Å². The molecule has 1 saturated heterocycles. The summed E-state index contributed by atoms with van der Waals surface area (Å²) in [5.74, 6) is 0.677. The number of carbonyl (C=O) groups excluding carboxylic acids is 1. The molecule has 2 unspecified atom stereocenters. The van der Waals surface area contributed by atoms with E-state index in [2.05, 4.69) is 13.8 Å². The van der Waals surface area contributed by atoms with Crippen LogP contribution in [0.25, 0.3) is 0 Å². The minimum atomic E-state index is 0.214. The topological polar surface area (TPSA) is 55.6 Å². The molecule has 1 rings (SSSR count). The van der Waals surface area contributed by atoms with Crippen molar-refractivity contribution in [2.24, 2.45) is 11.7 Å². The fourth-order valence-corrected chi connectivity index (χ4v) is 2.27. The molecule has 0 radical (unpaired) electrons. The lowest BCUT2D eigenvalue weighted by Gasteiger charge is -2.36. The molecule has 1 heterocycles. The van der Waals surface area contributed by atoms with Crippen molar-refractivity contribution in [3.05, 3.63) is 0 Å². The van der Waals surface area contributed by atoms with Gasteiger partial charge in [0.15, 0.2) is 0 Å². The Hall–Kier alpha value is -0.610. The summed E-state index contributed by atoms with van der Waals surface area (Å²) in [4.78, 5) is 13.9. The average molecular weight is 242 g/mol. The first-order chi connectivity index (χ1) is 8.19. The lowest BCUT2D eigenvalue weighted by molar-refractivity contribution is -0.134. The molecular weight excluding hydrogens is 216 g/mol. The highest BCUT2D eigenvalue weighted by Crippen LogP contribution is 2.19. The molecule has 1 aliphatic rings. The molecule has 0 aromatic heterocycles. The Morgan fingerprint density at radius 2 is 2.18 bits per heavy atom. The molecule has 1 fully saturated rings. The summed E-state index contributed by atoms with van der Waals surface area (Å²) in [6.45, 7) is 7.14. The lowest BCUT2D eigenvalue weighted by Crippen LogP contribution is -2.49. The molecule has 17 heavy (non-hydrogen) atoms. The Morgan fingerprint density at radius 3 is 2.82 bits per heavy atom. The third-order valence-corrected chi connectivity index (χ3v) is 3.48. The molecule has 0 spiro atoms. The SMILES string of the molecule is CCCOCCC(=O)N1CCC(N)C(CC)C1. The molecule has 0 saturated carbocycles. The number of nitrogens with zero attached hydrogens (tertiary/aromatic N) is 1. The number of hydrogen-bond acceptors (Lipinski definition) is 3. The van der Waals surface area contributed by atoms with Crippen LogP contribution in [0.4, 0.5) is 0 Å². The second-order valence-electron chi connectivity index (χ2n) is 4.82. The van der Waals surface area contributed by atoms with Crippen LogP contribution >= 0.6 is 0 Å². The largest absolute Gasteiger partial charge is 0.381 e. The van der Waals surface area contributed by atoms with Crippen LogP contribution < -0.4 is 5.73 Å². The molecule has 0 bridgehead atoms. The number of nitrogens with two attached hydrogens (primary N) is 1. The van der Waals surface area contributed by atoms with Gasteiger partial charge >= 0.3 is 0 Å². The number of amides is 1. The predicted molar refractivity (Wildman–Crippen MR) is 68.7 cm³/mol. The van der Waals surface area contributed by atoms with E-state index in [0.717, 1.165) is 39.0 Å². The Kier molecular flexibility index (Phi) is 6.52. The zero-order valence-corrected chi connectivity index (χ0v) is 11.2. The summed E-state index contributed by atoms with van der Waals surface area (Å²) in [6, 6.07) is 0.264. The summed E-state index contributed by atoms with van der Waals surface area (Å²) in [5.41, 5.74) is 6.03. The summed E-state index contributed by atoms with van der Waals surface area (Å²) in [5, 5.41) is 0. The van der Waals surface area contributed by atoms with E-state index < -0.39 is 0 Å². The van der Waals surface area contributed by atoms with Crippen LogP contribution in [0.5, 0.6) is 0 Å². The monoisotopic (exact) mass is 242 g/mol. The molecule has 1 aliphatic heterocycles. The van der Waals surface area contributed by atoms with Crippen molar-refractivity contribution in [1.82, 2.24) is 4.90 Å². The third-order valence-electron chi connectivity index (χ3n) is 3.48. The summed E-state index contributed by atoms with van der Waals surface area (Å²) in [6.07, 6.45) is 3.49. The number of piperidine rings is 1. The quantitative estimate of drug-likeness (QED) is 0.716. The van der Waals surface area contributed by atoms with E-state index in [-0.39, 0.29) is 11.9 Å². The van der Waals surface area contributed by atoms with Gasteiger partial charge in [-0.1, -0.05) is 20.3 Å². The molecule has 4 heteroatoms. The molecule has 100 valence electrons. The Bertz CT molecular complexity index is 233. The minimum Gasteiger partial charge on any atom is -0.381 e. The fraction of sp³-hybridized carbons (Fsp3) is 0.923. The predicted octanol–water partition coefficient (Wildman–Crippen LogP) is 1.39. The van der Waals surface area contributed by atoms with Gasteiger partial charge in [0, 0.05) is 25.7 Å². The van der Waals surface area contributed by atoms with Crippen molar-refractivity contribution in [2.45, 2.75) is 45.6 Å². The van der Waals surface area contributed by atoms with Gasteiger partial charge in [0.05, 0.1) is 13.0 Å². The maximum atomic E-state index is 11.9. The van der Waals surface area contributed by atoms with E-state index in [0.29, 0.717) is 18.9 Å². The van der Waals surface area contributed by atoms with Crippen molar-refractivity contribution in [1.29, 1.82) is 0 Å². The smallest absolute Gasteiger partial charge is 0.224 e. The second-order valence-corrected chi connectivity index (χ2v) is 4.82. The first kappa shape index (κ1) is 14.5. The first-order valence-electron chi connectivity index (χ1n) is 6.80. The maximum absolute atomic E-state index is 11.9. The van der Waals surface area contributed by atoms with Crippen LogP contribution in [0.3, 0.4) is 0 Å². The average Bonchev–Trinajstić information content (AvgIpc) is 2.35. The van der Waals surface area contributed by atoms with Crippen LogP contribution in [0, 0.1) is 5.92 Å². The highest BCUT2D eigenvalue weighted by Gasteiger charge is 2.27. The molecule has 2 atom stereocenters. The van der Waals surface area contributed by atoms with Crippen molar-refractivity contribution >= 4 is 5.91 Å². The number of ether oxygens (including phenoxy) is 1. The molecule has 4 nitrogen and oxygen atoms in total. The Balaban J connectivity index is 2.27. The molecule has 0 aromatic carbocycles. The maximum Gasteiger partial charge on any atom is 0.224 e. The van der Waals surface area contributed by atoms with Crippen LogP contribution in [-0.2, 0) is 9.53 Å². The van der Waals surface area contributed by atoms with E-state index >= 15 is 0 Å². The van der Waals surface area contributed by atoms with Gasteiger partial charge in [-0.15, -0.1) is 0 Å². The van der Waals surface area contributed by atoms with E-state index in [4.69, 9.17) is 10.5 Å². The number of carbonyl (C=O) groups is 1. The fourth-order valence-electron chi connectivity index (χ4n) is 2.27. The Labute approximate surface area is 104 Å². The van der Waals surface area contributed by atoms with Gasteiger partial charge in [0.25, 0.3) is 0 Å². The minimum absolute atomic E-state index is 0.214. The molecule has 0 aromatic rings. The number of likely N-dealkylation sites (tertiary alicyclic amines) is 1. The van der Waals surface area contributed by atoms with Crippen LogP contribution in [0.1, 0.15) is 39.5 Å². The molecule has 2 N–H and O–H groups in total. The van der Waals surface area contributed by atoms with Crippen molar-refractivity contribution in [2.75, 3.05) is 26.3 Å². The van der Waals surface area contributed by atoms with E-state index in [1.165, 1.54) is 0 Å². The van der Waals surface area contributed by atoms with Crippen LogP contribution in [0.2, 0.25) is 0 Å². The number of hydrogen-bond donors (Lipinski definition) is 1. The van der Waals surface area contributed by atoms with Gasteiger partial charge in [0.1, 0.15) is 0 Å². The summed E-state index contributed by atoms with van der Waals surface area (Å²) < 4.78 is 5.35. The van der Waals surface area contributed by atoms with E-state index in [1.54, 1.807) is 0 Å². The van der Waals surface area contributed by atoms with Gasteiger partial charge in [-0.3, -0.25) is 4.79 Å². The standard InChI is InChI=1S/C13H26N2O2/c1-3-8-17-9-6-13(16)15-7-5-12(14)11(4-2)10-15/h11-12H,3-10,14H2,1-2H3. The van der Waals surface area contributed by atoms with Crippen molar-refractivity contribution in [3.63, 3.8) is 0 Å². The zero-order valence-electron chi connectivity index (χ0n) is 11.2. The van der Waals surface area contributed by atoms with Crippen LogP contribution in [-0.4, -0.2) is 43.2 Å². The molecule has 0 aliphatic carbocycles. The highest BCUT2D eigenvalue weighted by atomic mass is 16.5. The molecular formula is C13H26N2O2. The van der Waals surface area contributed by atoms with Gasteiger partial charge in [0.2, 0.25) is 5.91 Å². The number of rotatable bonds is 6.